The van der Waals surface area contributed by atoms with Crippen LogP contribution in [0.25, 0.3) is 5.69 Å². The standard InChI is InChI=1S/C18H23N5O/c1-11(2)21-18(19)15-8-14-5-6-24-17-4-3-12(13-9-20-10-13)7-16(17)23(14)22-15/h3-4,7-8,11,13,20H,5-6,9-10H2,1-2H3,(H2,19,21). The second kappa shape index (κ2) is 5.94. The number of aliphatic imine (C=N–C) groups is 1. The molecule has 2 aromatic rings. The monoisotopic (exact) mass is 325 g/mol. The van der Waals surface area contributed by atoms with E-state index in [2.05, 4.69) is 28.5 Å². The van der Waals surface area contributed by atoms with Gasteiger partial charge in [0.2, 0.25) is 0 Å². The zero-order valence-electron chi connectivity index (χ0n) is 14.1. The number of nitrogens with one attached hydrogen (secondary N) is 1. The third-order valence-corrected chi connectivity index (χ3v) is 4.52. The van der Waals surface area contributed by atoms with E-state index in [-0.39, 0.29) is 6.04 Å². The number of benzene rings is 1. The molecule has 24 heavy (non-hydrogen) atoms. The highest BCUT2D eigenvalue weighted by atomic mass is 16.5. The molecule has 0 saturated carbocycles. The zero-order valence-corrected chi connectivity index (χ0v) is 14.1. The molecule has 2 aliphatic rings. The number of hydrogen-bond donors (Lipinski definition) is 2. The Bertz CT molecular complexity index is 789. The molecule has 2 aliphatic heterocycles. The fourth-order valence-electron chi connectivity index (χ4n) is 3.14. The van der Waals surface area contributed by atoms with Crippen molar-refractivity contribution < 1.29 is 4.74 Å². The Balaban J connectivity index is 1.78. The molecule has 0 bridgehead atoms. The first kappa shape index (κ1) is 15.2. The van der Waals surface area contributed by atoms with Crippen molar-refractivity contribution in [1.82, 2.24) is 15.1 Å². The summed E-state index contributed by atoms with van der Waals surface area (Å²) < 4.78 is 7.87. The van der Waals surface area contributed by atoms with Gasteiger partial charge in [0.15, 0.2) is 0 Å². The topological polar surface area (TPSA) is 77.5 Å². The lowest BCUT2D eigenvalue weighted by Crippen LogP contribution is -2.39. The van der Waals surface area contributed by atoms with Gasteiger partial charge in [-0.1, -0.05) is 6.07 Å². The van der Waals surface area contributed by atoms with Crippen molar-refractivity contribution in [2.24, 2.45) is 10.7 Å². The van der Waals surface area contributed by atoms with E-state index in [4.69, 9.17) is 15.6 Å². The molecule has 0 amide bonds. The van der Waals surface area contributed by atoms with Crippen molar-refractivity contribution in [3.8, 4) is 11.4 Å². The molecule has 1 fully saturated rings. The summed E-state index contributed by atoms with van der Waals surface area (Å²) in [6, 6.07) is 8.60. The fourth-order valence-corrected chi connectivity index (χ4v) is 3.14. The Morgan fingerprint density at radius 1 is 1.38 bits per heavy atom. The lowest BCUT2D eigenvalue weighted by molar-refractivity contribution is 0.326. The van der Waals surface area contributed by atoms with Gasteiger partial charge < -0.3 is 15.8 Å². The Labute approximate surface area is 141 Å². The van der Waals surface area contributed by atoms with Crippen LogP contribution in [0, 0.1) is 0 Å². The number of fused-ring (bicyclic) bond motifs is 3. The van der Waals surface area contributed by atoms with Crippen LogP contribution >= 0.6 is 0 Å². The fraction of sp³-hybridized carbons (Fsp3) is 0.444. The molecule has 3 N–H and O–H groups in total. The Morgan fingerprint density at radius 2 is 2.21 bits per heavy atom. The molecule has 0 spiro atoms. The van der Waals surface area contributed by atoms with E-state index in [1.54, 1.807) is 0 Å². The van der Waals surface area contributed by atoms with Crippen LogP contribution in [0.3, 0.4) is 0 Å². The maximum Gasteiger partial charge on any atom is 0.146 e. The molecule has 1 aromatic carbocycles. The van der Waals surface area contributed by atoms with Crippen LogP contribution in [0.4, 0.5) is 0 Å². The molecule has 0 radical (unpaired) electrons. The Kier molecular flexibility index (Phi) is 3.76. The van der Waals surface area contributed by atoms with Crippen molar-refractivity contribution in [1.29, 1.82) is 0 Å². The second-order valence-electron chi connectivity index (χ2n) is 6.72. The molecule has 126 valence electrons. The van der Waals surface area contributed by atoms with E-state index in [9.17, 15) is 0 Å². The largest absolute Gasteiger partial charge is 0.491 e. The van der Waals surface area contributed by atoms with E-state index in [1.165, 1.54) is 5.56 Å². The summed E-state index contributed by atoms with van der Waals surface area (Å²) >= 11 is 0. The molecular weight excluding hydrogens is 302 g/mol. The normalized spacial score (nSPS) is 17.7. The molecular formula is C18H23N5O. The van der Waals surface area contributed by atoms with Crippen molar-refractivity contribution in [3.05, 3.63) is 41.2 Å². The van der Waals surface area contributed by atoms with Gasteiger partial charge in [-0.3, -0.25) is 4.99 Å². The summed E-state index contributed by atoms with van der Waals surface area (Å²) in [6.45, 7) is 6.73. The number of nitrogens with zero attached hydrogens (tertiary/aromatic N) is 3. The average molecular weight is 325 g/mol. The number of amidine groups is 1. The number of ether oxygens (including phenoxy) is 1. The van der Waals surface area contributed by atoms with Gasteiger partial charge in [0.05, 0.1) is 6.61 Å². The molecule has 3 heterocycles. The summed E-state index contributed by atoms with van der Waals surface area (Å²) in [5.41, 5.74) is 10.3. The number of hydrogen-bond acceptors (Lipinski definition) is 4. The highest BCUT2D eigenvalue weighted by molar-refractivity contribution is 5.96. The number of nitrogens with two attached hydrogens (primary N) is 1. The predicted octanol–water partition coefficient (Wildman–Crippen LogP) is 1.61. The van der Waals surface area contributed by atoms with Gasteiger partial charge in [-0.25, -0.2) is 4.68 Å². The minimum Gasteiger partial charge on any atom is -0.491 e. The highest BCUT2D eigenvalue weighted by Gasteiger charge is 2.23. The molecule has 6 heteroatoms. The van der Waals surface area contributed by atoms with Crippen molar-refractivity contribution in [3.63, 3.8) is 0 Å². The Morgan fingerprint density at radius 3 is 2.92 bits per heavy atom. The molecule has 1 saturated heterocycles. The van der Waals surface area contributed by atoms with E-state index in [0.29, 0.717) is 18.4 Å². The van der Waals surface area contributed by atoms with Gasteiger partial charge >= 0.3 is 0 Å². The van der Waals surface area contributed by atoms with Gasteiger partial charge in [-0.05, 0) is 37.6 Å². The summed E-state index contributed by atoms with van der Waals surface area (Å²) in [4.78, 5) is 4.42. The third-order valence-electron chi connectivity index (χ3n) is 4.52. The Hall–Kier alpha value is -2.34. The van der Waals surface area contributed by atoms with Gasteiger partial charge in [0.25, 0.3) is 0 Å². The smallest absolute Gasteiger partial charge is 0.146 e. The highest BCUT2D eigenvalue weighted by Crippen LogP contribution is 2.32. The van der Waals surface area contributed by atoms with Crippen LogP contribution in [-0.2, 0) is 6.42 Å². The predicted molar refractivity (Wildman–Crippen MR) is 94.2 cm³/mol. The van der Waals surface area contributed by atoms with E-state index in [0.717, 1.165) is 42.3 Å². The molecule has 0 unspecified atom stereocenters. The van der Waals surface area contributed by atoms with E-state index >= 15 is 0 Å². The lowest BCUT2D eigenvalue weighted by Gasteiger charge is -2.28. The van der Waals surface area contributed by atoms with Crippen molar-refractivity contribution in [2.45, 2.75) is 32.2 Å². The minimum atomic E-state index is 0.153. The first-order chi connectivity index (χ1) is 11.6. The van der Waals surface area contributed by atoms with Gasteiger partial charge in [0.1, 0.15) is 23.0 Å². The van der Waals surface area contributed by atoms with Crippen LogP contribution in [0.2, 0.25) is 0 Å². The van der Waals surface area contributed by atoms with Crippen LogP contribution in [0.15, 0.2) is 29.3 Å². The third kappa shape index (κ3) is 2.67. The van der Waals surface area contributed by atoms with Crippen LogP contribution in [0.1, 0.15) is 36.7 Å². The second-order valence-corrected chi connectivity index (χ2v) is 6.72. The van der Waals surface area contributed by atoms with Crippen molar-refractivity contribution >= 4 is 5.84 Å². The first-order valence-electron chi connectivity index (χ1n) is 8.52. The maximum atomic E-state index is 6.11. The maximum absolute atomic E-state index is 6.11. The van der Waals surface area contributed by atoms with E-state index in [1.807, 2.05) is 24.6 Å². The van der Waals surface area contributed by atoms with Crippen LogP contribution in [0.5, 0.6) is 5.75 Å². The lowest BCUT2D eigenvalue weighted by atomic mass is 9.93. The van der Waals surface area contributed by atoms with Crippen LogP contribution in [-0.4, -0.2) is 41.4 Å². The first-order valence-corrected chi connectivity index (χ1v) is 8.52. The van der Waals surface area contributed by atoms with E-state index < -0.39 is 0 Å². The summed E-state index contributed by atoms with van der Waals surface area (Å²) in [6.07, 6.45) is 0.803. The molecule has 6 nitrogen and oxygen atoms in total. The summed E-state index contributed by atoms with van der Waals surface area (Å²) in [5.74, 6) is 1.94. The summed E-state index contributed by atoms with van der Waals surface area (Å²) in [7, 11) is 0. The zero-order chi connectivity index (χ0) is 16.7. The quantitative estimate of drug-likeness (QED) is 0.664. The van der Waals surface area contributed by atoms with Crippen molar-refractivity contribution in [2.75, 3.05) is 19.7 Å². The number of aromatic nitrogens is 2. The molecule has 0 aliphatic carbocycles. The van der Waals surface area contributed by atoms with Crippen LogP contribution < -0.4 is 15.8 Å². The SMILES string of the molecule is CC(C)N=C(N)c1cc2n(n1)-c1cc(C3CNC3)ccc1OCC2. The minimum absolute atomic E-state index is 0.153. The van der Waals surface area contributed by atoms with Gasteiger partial charge in [-0.15, -0.1) is 0 Å². The number of rotatable bonds is 3. The molecule has 1 aromatic heterocycles. The molecule has 4 rings (SSSR count). The molecule has 0 atom stereocenters. The van der Waals surface area contributed by atoms with Gasteiger partial charge in [0, 0.05) is 37.2 Å². The van der Waals surface area contributed by atoms with Gasteiger partial charge in [-0.2, -0.15) is 5.10 Å². The summed E-state index contributed by atoms with van der Waals surface area (Å²) in [5, 5.41) is 8.04. The average Bonchev–Trinajstić information content (AvgIpc) is 2.83.